The van der Waals surface area contributed by atoms with Gasteiger partial charge in [-0.25, -0.2) is 4.79 Å². The zero-order chi connectivity index (χ0) is 22.4. The summed E-state index contributed by atoms with van der Waals surface area (Å²) in [4.78, 5) is 11.3. The first-order valence-corrected chi connectivity index (χ1v) is 10.4. The summed E-state index contributed by atoms with van der Waals surface area (Å²) in [6.45, 7) is 2.52. The lowest BCUT2D eigenvalue weighted by molar-refractivity contribution is 0.0693. The van der Waals surface area contributed by atoms with Gasteiger partial charge in [0.05, 0.1) is 13.2 Å². The molecule has 162 valence electrons. The third kappa shape index (κ3) is 6.07. The van der Waals surface area contributed by atoms with Crippen molar-refractivity contribution in [3.05, 3.63) is 88.4 Å². The van der Waals surface area contributed by atoms with Crippen LogP contribution >= 0.6 is 11.6 Å². The van der Waals surface area contributed by atoms with Gasteiger partial charge in [0, 0.05) is 17.6 Å². The van der Waals surface area contributed by atoms with Gasteiger partial charge in [-0.3, -0.25) is 0 Å². The number of rotatable bonds is 9. The summed E-state index contributed by atoms with van der Waals surface area (Å²) >= 11 is 5.99. The van der Waals surface area contributed by atoms with E-state index in [-0.39, 0.29) is 11.6 Å². The molecular formula is C25H26ClNO4. The minimum atomic E-state index is -1.01. The van der Waals surface area contributed by atoms with Gasteiger partial charge in [0.25, 0.3) is 0 Å². The predicted octanol–water partition coefficient (Wildman–Crippen LogP) is 4.97. The molecule has 2 atom stereocenters. The van der Waals surface area contributed by atoms with Gasteiger partial charge in [-0.15, -0.1) is 0 Å². The molecule has 0 bridgehead atoms. The van der Waals surface area contributed by atoms with Crippen molar-refractivity contribution >= 4 is 17.6 Å². The monoisotopic (exact) mass is 439 g/mol. The molecule has 3 rings (SSSR count). The summed E-state index contributed by atoms with van der Waals surface area (Å²) in [5.74, 6) is -0.675. The van der Waals surface area contributed by atoms with Crippen molar-refractivity contribution in [1.29, 1.82) is 0 Å². The molecule has 0 aliphatic carbocycles. The highest BCUT2D eigenvalue weighted by Gasteiger charge is 2.13. The van der Waals surface area contributed by atoms with Gasteiger partial charge >= 0.3 is 5.97 Å². The summed E-state index contributed by atoms with van der Waals surface area (Å²) in [6.07, 6.45) is 0.191. The normalized spacial score (nSPS) is 12.9. The quantitative estimate of drug-likeness (QED) is 0.438. The Morgan fingerprint density at radius 1 is 1.06 bits per heavy atom. The van der Waals surface area contributed by atoms with Crippen LogP contribution in [0.3, 0.4) is 0 Å². The molecule has 3 aromatic carbocycles. The zero-order valence-electron chi connectivity index (χ0n) is 17.5. The number of aliphatic hydroxyl groups is 1. The molecule has 0 heterocycles. The van der Waals surface area contributed by atoms with Crippen molar-refractivity contribution in [2.45, 2.75) is 25.5 Å². The van der Waals surface area contributed by atoms with Gasteiger partial charge in [-0.1, -0.05) is 54.1 Å². The van der Waals surface area contributed by atoms with E-state index in [9.17, 15) is 15.0 Å². The number of hydrogen-bond donors (Lipinski definition) is 3. The first-order valence-electron chi connectivity index (χ1n) is 10.0. The fourth-order valence-corrected chi connectivity index (χ4v) is 3.65. The summed E-state index contributed by atoms with van der Waals surface area (Å²) in [6, 6.07) is 20.6. The van der Waals surface area contributed by atoms with E-state index < -0.39 is 12.1 Å². The van der Waals surface area contributed by atoms with E-state index in [4.69, 9.17) is 16.3 Å². The molecule has 0 fully saturated rings. The second-order valence-corrected chi connectivity index (χ2v) is 7.94. The number of methoxy groups -OCH3 is 1. The molecule has 0 aliphatic heterocycles. The Morgan fingerprint density at radius 3 is 2.42 bits per heavy atom. The minimum absolute atomic E-state index is 0.141. The highest BCUT2D eigenvalue weighted by Crippen LogP contribution is 2.28. The van der Waals surface area contributed by atoms with Crippen molar-refractivity contribution in [2.24, 2.45) is 0 Å². The summed E-state index contributed by atoms with van der Waals surface area (Å²) in [5.41, 5.74) is 3.97. The smallest absolute Gasteiger partial charge is 0.339 e. The van der Waals surface area contributed by atoms with Crippen LogP contribution < -0.4 is 10.1 Å². The van der Waals surface area contributed by atoms with Crippen LogP contribution in [0.2, 0.25) is 5.02 Å². The lowest BCUT2D eigenvalue weighted by Gasteiger charge is -2.18. The van der Waals surface area contributed by atoms with Crippen molar-refractivity contribution in [3.63, 3.8) is 0 Å². The van der Waals surface area contributed by atoms with Crippen LogP contribution in [0.4, 0.5) is 0 Å². The topological polar surface area (TPSA) is 78.8 Å². The third-order valence-corrected chi connectivity index (χ3v) is 5.39. The standard InChI is InChI=1S/C25H26ClNO4/c1-16(27-15-23(28)20-4-3-5-21(26)13-20)12-17-6-8-18(9-7-17)19-10-11-22(25(29)30)24(14-19)31-2/h3-11,13-14,16,23,27-28H,12,15H2,1-2H3,(H,29,30)/t16-,23-/m1/s1. The van der Waals surface area contributed by atoms with E-state index in [1.165, 1.54) is 7.11 Å². The van der Waals surface area contributed by atoms with E-state index in [2.05, 4.69) is 24.4 Å². The Labute approximate surface area is 187 Å². The van der Waals surface area contributed by atoms with Gasteiger partial charge in [-0.05, 0) is 59.9 Å². The molecule has 0 saturated heterocycles. The summed E-state index contributed by atoms with van der Waals surface area (Å²) in [5, 5.41) is 23.5. The van der Waals surface area contributed by atoms with E-state index in [1.54, 1.807) is 30.3 Å². The molecule has 0 spiro atoms. The van der Waals surface area contributed by atoms with Gasteiger partial charge in [0.1, 0.15) is 11.3 Å². The zero-order valence-corrected chi connectivity index (χ0v) is 18.3. The lowest BCUT2D eigenvalue weighted by atomic mass is 9.99. The lowest BCUT2D eigenvalue weighted by Crippen LogP contribution is -2.32. The fourth-order valence-electron chi connectivity index (χ4n) is 3.45. The average Bonchev–Trinajstić information content (AvgIpc) is 2.77. The summed E-state index contributed by atoms with van der Waals surface area (Å²) in [7, 11) is 1.46. The molecule has 0 aromatic heterocycles. The van der Waals surface area contributed by atoms with Crippen molar-refractivity contribution in [1.82, 2.24) is 5.32 Å². The molecule has 0 unspecified atom stereocenters. The summed E-state index contributed by atoms with van der Waals surface area (Å²) < 4.78 is 5.21. The van der Waals surface area contributed by atoms with Gasteiger partial charge < -0.3 is 20.3 Å². The number of ether oxygens (including phenoxy) is 1. The first-order chi connectivity index (χ1) is 14.9. The van der Waals surface area contributed by atoms with Crippen LogP contribution in [-0.2, 0) is 6.42 Å². The molecule has 3 N–H and O–H groups in total. The predicted molar refractivity (Wildman–Crippen MR) is 123 cm³/mol. The number of hydrogen-bond acceptors (Lipinski definition) is 4. The Bertz CT molecular complexity index is 1040. The Kier molecular flexibility index (Phi) is 7.69. The maximum Gasteiger partial charge on any atom is 0.339 e. The number of carboxylic acid groups (broad SMARTS) is 1. The number of benzene rings is 3. The van der Waals surface area contributed by atoms with E-state index in [0.29, 0.717) is 17.3 Å². The number of carboxylic acids is 1. The Balaban J connectivity index is 1.59. The molecule has 3 aromatic rings. The highest BCUT2D eigenvalue weighted by molar-refractivity contribution is 6.30. The highest BCUT2D eigenvalue weighted by atomic mass is 35.5. The number of aromatic carboxylic acids is 1. The first kappa shape index (κ1) is 22.8. The molecule has 6 heteroatoms. The van der Waals surface area contributed by atoms with E-state index >= 15 is 0 Å². The Morgan fingerprint density at radius 2 is 1.77 bits per heavy atom. The van der Waals surface area contributed by atoms with Crippen molar-refractivity contribution in [3.8, 4) is 16.9 Å². The third-order valence-electron chi connectivity index (χ3n) is 5.15. The maximum atomic E-state index is 11.3. The van der Waals surface area contributed by atoms with Crippen LogP contribution in [0.15, 0.2) is 66.7 Å². The second-order valence-electron chi connectivity index (χ2n) is 7.50. The van der Waals surface area contributed by atoms with Crippen molar-refractivity contribution in [2.75, 3.05) is 13.7 Å². The van der Waals surface area contributed by atoms with E-state index in [1.807, 2.05) is 24.3 Å². The molecule has 5 nitrogen and oxygen atoms in total. The van der Waals surface area contributed by atoms with Crippen molar-refractivity contribution < 1.29 is 19.7 Å². The molecule has 0 radical (unpaired) electrons. The molecule has 0 aliphatic rings. The maximum absolute atomic E-state index is 11.3. The number of halogens is 1. The largest absolute Gasteiger partial charge is 0.496 e. The molecule has 31 heavy (non-hydrogen) atoms. The Hall–Kier alpha value is -2.86. The van der Waals surface area contributed by atoms with E-state index in [0.717, 1.165) is 28.7 Å². The van der Waals surface area contributed by atoms with Gasteiger partial charge in [0.2, 0.25) is 0 Å². The van der Waals surface area contributed by atoms with Crippen LogP contribution in [0.25, 0.3) is 11.1 Å². The average molecular weight is 440 g/mol. The number of nitrogens with one attached hydrogen (secondary N) is 1. The van der Waals surface area contributed by atoms with Gasteiger partial charge in [-0.2, -0.15) is 0 Å². The SMILES string of the molecule is COc1cc(-c2ccc(C[C@@H](C)NC[C@@H](O)c3cccc(Cl)c3)cc2)ccc1C(=O)O. The minimum Gasteiger partial charge on any atom is -0.496 e. The van der Waals surface area contributed by atoms with Crippen LogP contribution in [-0.4, -0.2) is 35.9 Å². The fraction of sp³-hybridized carbons (Fsp3) is 0.240. The molecule has 0 saturated carbocycles. The van der Waals surface area contributed by atoms with Gasteiger partial charge in [0.15, 0.2) is 0 Å². The van der Waals surface area contributed by atoms with Crippen LogP contribution in [0.5, 0.6) is 5.75 Å². The van der Waals surface area contributed by atoms with Crippen LogP contribution in [0, 0.1) is 0 Å². The molecular weight excluding hydrogens is 414 g/mol. The molecule has 0 amide bonds. The number of aliphatic hydroxyl groups excluding tert-OH is 1. The number of carbonyl (C=O) groups is 1. The van der Waals surface area contributed by atoms with Crippen LogP contribution in [0.1, 0.15) is 34.5 Å². The second kappa shape index (κ2) is 10.4.